The lowest BCUT2D eigenvalue weighted by Gasteiger charge is -2.14. The number of hydrogen-bond acceptors (Lipinski definition) is 3. The molecule has 194 valence electrons. The van der Waals surface area contributed by atoms with E-state index in [0.717, 1.165) is 44.9 Å². The first-order valence-electron chi connectivity index (χ1n) is 14.7. The zero-order valence-electron chi connectivity index (χ0n) is 23.2. The number of hydrogen-bond donors (Lipinski definition) is 0. The van der Waals surface area contributed by atoms with Gasteiger partial charge in [-0.3, -0.25) is 4.98 Å². The summed E-state index contributed by atoms with van der Waals surface area (Å²) < 4.78 is 0. The van der Waals surface area contributed by atoms with Crippen molar-refractivity contribution in [3.05, 3.63) is 36.2 Å². The molecule has 0 bridgehead atoms. The van der Waals surface area contributed by atoms with Crippen LogP contribution in [-0.2, 0) is 6.42 Å². The van der Waals surface area contributed by atoms with E-state index in [0.29, 0.717) is 0 Å². The molecule has 0 aliphatic heterocycles. The first-order valence-corrected chi connectivity index (χ1v) is 15.9. The highest BCUT2D eigenvalue weighted by Crippen LogP contribution is 2.21. The van der Waals surface area contributed by atoms with Gasteiger partial charge in [-0.1, -0.05) is 123 Å². The number of rotatable bonds is 20. The first kappa shape index (κ1) is 29.7. The van der Waals surface area contributed by atoms with Gasteiger partial charge in [-0.2, -0.15) is 5.10 Å². The van der Waals surface area contributed by atoms with Crippen LogP contribution in [0.3, 0.4) is 0 Å². The highest BCUT2D eigenvalue weighted by molar-refractivity contribution is 6.55. The maximum absolute atomic E-state index is 4.68. The van der Waals surface area contributed by atoms with E-state index < -0.39 is 0 Å². The van der Waals surface area contributed by atoms with Crippen molar-refractivity contribution in [3.8, 4) is 11.4 Å². The summed E-state index contributed by atoms with van der Waals surface area (Å²) in [5.41, 5.74) is 3.05. The Morgan fingerprint density at radius 3 is 2.11 bits per heavy atom. The van der Waals surface area contributed by atoms with E-state index in [-0.39, 0.29) is 0 Å². The van der Waals surface area contributed by atoms with E-state index >= 15 is 0 Å². The second-order valence-corrected chi connectivity index (χ2v) is 12.1. The largest absolute Gasteiger partial charge is 0.255 e. The Kier molecular flexibility index (Phi) is 15.8. The number of unbranched alkanes of at least 4 members (excludes halogenated alkanes) is 6. The lowest BCUT2D eigenvalue weighted by Crippen LogP contribution is -2.18. The summed E-state index contributed by atoms with van der Waals surface area (Å²) in [5.74, 6) is 1.75. The van der Waals surface area contributed by atoms with Gasteiger partial charge in [0.2, 0.25) is 0 Å². The van der Waals surface area contributed by atoms with E-state index in [4.69, 9.17) is 0 Å². The van der Waals surface area contributed by atoms with Gasteiger partial charge in [0, 0.05) is 6.20 Å². The van der Waals surface area contributed by atoms with E-state index in [1.54, 1.807) is 0 Å². The Labute approximate surface area is 219 Å². The van der Waals surface area contributed by atoms with Gasteiger partial charge in [0.1, 0.15) is 5.69 Å². The minimum absolute atomic E-state index is 0.793. The van der Waals surface area contributed by atoms with Crippen molar-refractivity contribution in [2.45, 2.75) is 130 Å². The standard InChI is InChI=1S/C31H51N3Si/c1-5-7-9-10-12-20-28-22-23-29(34-33-28)31-30(21-14-24-32-31)35-25-15-19-27(4)18-13-17-26(3)16-11-8-6-2/h14,21-24,26-27H,5-13,15-20,25H2,1-4H3. The highest BCUT2D eigenvalue weighted by Gasteiger charge is 2.10. The van der Waals surface area contributed by atoms with Crippen molar-refractivity contribution < 1.29 is 0 Å². The Hall–Kier alpha value is -1.55. The molecular formula is C31H51N3Si. The van der Waals surface area contributed by atoms with Crippen LogP contribution in [-0.4, -0.2) is 24.7 Å². The topological polar surface area (TPSA) is 38.7 Å². The molecule has 35 heavy (non-hydrogen) atoms. The third-order valence-corrected chi connectivity index (χ3v) is 8.58. The van der Waals surface area contributed by atoms with E-state index in [1.807, 2.05) is 6.20 Å². The van der Waals surface area contributed by atoms with Crippen LogP contribution in [0.25, 0.3) is 11.4 Å². The van der Waals surface area contributed by atoms with Gasteiger partial charge >= 0.3 is 0 Å². The monoisotopic (exact) mass is 493 g/mol. The van der Waals surface area contributed by atoms with Gasteiger partial charge in [0.15, 0.2) is 0 Å². The van der Waals surface area contributed by atoms with Crippen molar-refractivity contribution in [1.82, 2.24) is 15.2 Å². The van der Waals surface area contributed by atoms with Gasteiger partial charge < -0.3 is 0 Å². The molecule has 2 heterocycles. The highest BCUT2D eigenvalue weighted by atomic mass is 28.2. The summed E-state index contributed by atoms with van der Waals surface area (Å²) in [4.78, 5) is 4.68. The fourth-order valence-electron chi connectivity index (χ4n) is 4.80. The number of aryl methyl sites for hydroxylation is 1. The van der Waals surface area contributed by atoms with Crippen LogP contribution in [0, 0.1) is 11.8 Å². The fraction of sp³-hybridized carbons (Fsp3) is 0.710. The van der Waals surface area contributed by atoms with Crippen LogP contribution < -0.4 is 5.19 Å². The second-order valence-electron chi connectivity index (χ2n) is 10.7. The van der Waals surface area contributed by atoms with Gasteiger partial charge in [-0.15, -0.1) is 5.10 Å². The summed E-state index contributed by atoms with van der Waals surface area (Å²) in [6.07, 6.45) is 21.8. The average Bonchev–Trinajstić information content (AvgIpc) is 2.87. The molecule has 2 radical (unpaired) electrons. The average molecular weight is 494 g/mol. The van der Waals surface area contributed by atoms with Crippen LogP contribution in [0.4, 0.5) is 0 Å². The Balaban J connectivity index is 1.70. The normalized spacial score (nSPS) is 13.1. The smallest absolute Gasteiger partial charge is 0.111 e. The molecule has 2 atom stereocenters. The molecule has 0 saturated heterocycles. The molecule has 0 aliphatic carbocycles. The summed E-state index contributed by atoms with van der Waals surface area (Å²) in [6.45, 7) is 9.44. The molecule has 0 saturated carbocycles. The Bertz CT molecular complexity index is 777. The molecule has 0 spiro atoms. The molecule has 3 nitrogen and oxygen atoms in total. The Morgan fingerprint density at radius 1 is 0.714 bits per heavy atom. The molecule has 2 aromatic rings. The molecule has 0 aliphatic rings. The maximum atomic E-state index is 4.68. The predicted molar refractivity (Wildman–Crippen MR) is 153 cm³/mol. The molecular weight excluding hydrogens is 442 g/mol. The van der Waals surface area contributed by atoms with Crippen LogP contribution >= 0.6 is 0 Å². The maximum Gasteiger partial charge on any atom is 0.111 e. The molecule has 2 rings (SSSR count). The molecule has 2 unspecified atom stereocenters. The van der Waals surface area contributed by atoms with Crippen LogP contribution in [0.15, 0.2) is 30.5 Å². The molecule has 4 heteroatoms. The van der Waals surface area contributed by atoms with Crippen molar-refractivity contribution in [2.24, 2.45) is 11.8 Å². The van der Waals surface area contributed by atoms with E-state index in [2.05, 4.69) is 67.1 Å². The zero-order chi connectivity index (χ0) is 25.1. The summed E-state index contributed by atoms with van der Waals surface area (Å²) in [7, 11) is 0.793. The molecule has 0 N–H and O–H groups in total. The minimum Gasteiger partial charge on any atom is -0.255 e. The van der Waals surface area contributed by atoms with E-state index in [9.17, 15) is 0 Å². The van der Waals surface area contributed by atoms with Crippen molar-refractivity contribution in [1.29, 1.82) is 0 Å². The van der Waals surface area contributed by atoms with Crippen LogP contribution in [0.5, 0.6) is 0 Å². The quantitative estimate of drug-likeness (QED) is 0.137. The first-order chi connectivity index (χ1) is 17.1. The predicted octanol–water partition coefficient (Wildman–Crippen LogP) is 8.60. The van der Waals surface area contributed by atoms with Gasteiger partial charge in [-0.25, -0.2) is 0 Å². The lowest BCUT2D eigenvalue weighted by molar-refractivity contribution is 0.400. The molecule has 0 amide bonds. The van der Waals surface area contributed by atoms with Gasteiger partial charge in [0.25, 0.3) is 0 Å². The fourth-order valence-corrected chi connectivity index (χ4v) is 6.03. The summed E-state index contributed by atoms with van der Waals surface area (Å²) in [5, 5.41) is 10.4. The minimum atomic E-state index is 0.793. The molecule has 0 aromatic carbocycles. The lowest BCUT2D eigenvalue weighted by atomic mass is 9.93. The number of aromatic nitrogens is 3. The third-order valence-electron chi connectivity index (χ3n) is 7.19. The van der Waals surface area contributed by atoms with Crippen LogP contribution in [0.2, 0.25) is 6.04 Å². The second kappa shape index (κ2) is 18.7. The van der Waals surface area contributed by atoms with Gasteiger partial charge in [-0.05, 0) is 48.1 Å². The number of pyridine rings is 1. The molecule has 2 aromatic heterocycles. The SMILES string of the molecule is CCCCCCCc1ccc(-c2ncccc2[Si]CCCC(C)CCCC(C)CCCCC)nn1. The van der Waals surface area contributed by atoms with E-state index in [1.165, 1.54) is 101 Å². The van der Waals surface area contributed by atoms with Crippen molar-refractivity contribution >= 4 is 14.7 Å². The molecule has 0 fully saturated rings. The summed E-state index contributed by atoms with van der Waals surface area (Å²) in [6, 6.07) is 9.81. The van der Waals surface area contributed by atoms with Crippen LogP contribution in [0.1, 0.15) is 123 Å². The number of nitrogens with zero attached hydrogens (tertiary/aromatic N) is 3. The zero-order valence-corrected chi connectivity index (χ0v) is 24.2. The summed E-state index contributed by atoms with van der Waals surface area (Å²) >= 11 is 0. The van der Waals surface area contributed by atoms with Crippen molar-refractivity contribution in [3.63, 3.8) is 0 Å². The Morgan fingerprint density at radius 2 is 1.40 bits per heavy atom. The van der Waals surface area contributed by atoms with Gasteiger partial charge in [0.05, 0.1) is 20.9 Å². The third kappa shape index (κ3) is 12.8. The van der Waals surface area contributed by atoms with Crippen molar-refractivity contribution in [2.75, 3.05) is 0 Å².